The van der Waals surface area contributed by atoms with Crippen LogP contribution in [0.25, 0.3) is 0 Å². The van der Waals surface area contributed by atoms with Crippen LogP contribution < -0.4 is 0 Å². The van der Waals surface area contributed by atoms with E-state index in [-0.39, 0.29) is 30.4 Å². The van der Waals surface area contributed by atoms with Gasteiger partial charge in [-0.3, -0.25) is 4.79 Å². The van der Waals surface area contributed by atoms with Crippen LogP contribution in [-0.2, 0) is 14.4 Å². The minimum atomic E-state index is -1.12. The van der Waals surface area contributed by atoms with E-state index >= 15 is 0 Å². The molecule has 1 saturated heterocycles. The number of carboxylic acids is 1. The van der Waals surface area contributed by atoms with Crippen molar-refractivity contribution in [2.75, 3.05) is 13.2 Å². The Morgan fingerprint density at radius 1 is 1.17 bits per heavy atom. The fourth-order valence-corrected chi connectivity index (χ4v) is 8.08. The highest BCUT2D eigenvalue weighted by atomic mass is 16.6. The lowest BCUT2D eigenvalue weighted by atomic mass is 9.47. The van der Waals surface area contributed by atoms with Gasteiger partial charge in [0.25, 0.3) is 5.91 Å². The number of oxime groups is 1. The van der Waals surface area contributed by atoms with E-state index in [0.29, 0.717) is 23.5 Å². The Balaban J connectivity index is 1.25. The average molecular weight is 487 g/mol. The van der Waals surface area contributed by atoms with E-state index in [1.54, 1.807) is 0 Å². The van der Waals surface area contributed by atoms with Gasteiger partial charge < -0.3 is 25.1 Å². The van der Waals surface area contributed by atoms with Crippen molar-refractivity contribution in [1.82, 2.24) is 4.90 Å². The molecule has 0 spiro atoms. The van der Waals surface area contributed by atoms with Crippen molar-refractivity contribution in [3.05, 3.63) is 23.8 Å². The highest BCUT2D eigenvalue weighted by molar-refractivity contribution is 6.05. The molecule has 3 saturated carbocycles. The quantitative estimate of drug-likeness (QED) is 0.526. The maximum absolute atomic E-state index is 12.5. The zero-order valence-electron chi connectivity index (χ0n) is 20.9. The first-order chi connectivity index (χ1) is 16.5. The third-order valence-corrected chi connectivity index (χ3v) is 10.4. The second-order valence-corrected chi connectivity index (χ2v) is 12.0. The molecule has 0 aromatic heterocycles. The minimum absolute atomic E-state index is 0.00214. The van der Waals surface area contributed by atoms with Crippen LogP contribution in [0.3, 0.4) is 0 Å². The standard InChI is InChI=1S/C27H38N2O6/c1-25-9-6-17(28-35-15-23(31)29-14-18(30)13-22(29)24(32)33)12-16(25)4-5-19-20(25)7-10-26(2)21(19)8-11-27(26,3)34/h6,9,12,18-22,30,34H,4-5,7-8,10-11,13-15H2,1-3H3,(H,32,33)/t18-,19-,20+,21+,22-,25+,26+,27+/m1/s1. The lowest BCUT2D eigenvalue weighted by Gasteiger charge is -2.58. The molecule has 0 aromatic rings. The molecule has 5 aliphatic rings. The first kappa shape index (κ1) is 24.5. The number of carbonyl (C=O) groups is 2. The van der Waals surface area contributed by atoms with Crippen molar-refractivity contribution in [3.8, 4) is 0 Å². The predicted octanol–water partition coefficient (Wildman–Crippen LogP) is 2.90. The Morgan fingerprint density at radius 3 is 2.66 bits per heavy atom. The highest BCUT2D eigenvalue weighted by Gasteiger charge is 2.62. The van der Waals surface area contributed by atoms with Crippen LogP contribution >= 0.6 is 0 Å². The molecule has 3 N–H and O–H groups in total. The number of rotatable bonds is 4. The number of aliphatic carboxylic acids is 1. The van der Waals surface area contributed by atoms with E-state index in [9.17, 15) is 24.9 Å². The van der Waals surface area contributed by atoms with E-state index < -0.39 is 29.6 Å². The van der Waals surface area contributed by atoms with E-state index in [0.717, 1.165) is 43.4 Å². The third kappa shape index (κ3) is 3.84. The Labute approximate surface area is 206 Å². The van der Waals surface area contributed by atoms with E-state index in [4.69, 9.17) is 4.84 Å². The lowest BCUT2D eigenvalue weighted by molar-refractivity contribution is -0.150. The molecule has 0 aromatic carbocycles. The van der Waals surface area contributed by atoms with Crippen LogP contribution in [0, 0.1) is 28.6 Å². The molecule has 0 bridgehead atoms. The van der Waals surface area contributed by atoms with Crippen LogP contribution in [0.1, 0.15) is 65.7 Å². The Kier molecular flexibility index (Phi) is 5.91. The molecule has 8 heteroatoms. The van der Waals surface area contributed by atoms with Gasteiger partial charge in [-0.1, -0.05) is 30.7 Å². The zero-order valence-corrected chi connectivity index (χ0v) is 20.9. The molecular formula is C27H38N2O6. The molecule has 1 amide bonds. The molecule has 1 heterocycles. The number of fused-ring (bicyclic) bond motifs is 5. The van der Waals surface area contributed by atoms with E-state index in [1.807, 2.05) is 13.0 Å². The van der Waals surface area contributed by atoms with E-state index in [1.165, 1.54) is 5.57 Å². The van der Waals surface area contributed by atoms with Gasteiger partial charge in [0.05, 0.1) is 11.7 Å². The zero-order chi connectivity index (χ0) is 25.2. The van der Waals surface area contributed by atoms with Crippen LogP contribution in [-0.4, -0.2) is 68.7 Å². The molecule has 8 nitrogen and oxygen atoms in total. The summed E-state index contributed by atoms with van der Waals surface area (Å²) in [6, 6.07) is -1.03. The van der Waals surface area contributed by atoms with Gasteiger partial charge in [-0.15, -0.1) is 0 Å². The van der Waals surface area contributed by atoms with Gasteiger partial charge in [0.1, 0.15) is 11.8 Å². The maximum atomic E-state index is 12.5. The van der Waals surface area contributed by atoms with Gasteiger partial charge in [0, 0.05) is 18.4 Å². The molecule has 0 unspecified atom stereocenters. The normalized spacial score (nSPS) is 45.5. The fraction of sp³-hybridized carbons (Fsp3) is 0.741. The number of allylic oxidation sites excluding steroid dienone is 4. The van der Waals surface area contributed by atoms with Gasteiger partial charge in [0.15, 0.2) is 6.61 Å². The van der Waals surface area contributed by atoms with Crippen molar-refractivity contribution in [3.63, 3.8) is 0 Å². The van der Waals surface area contributed by atoms with Crippen molar-refractivity contribution >= 4 is 17.6 Å². The summed E-state index contributed by atoms with van der Waals surface area (Å²) >= 11 is 0. The van der Waals surface area contributed by atoms with Crippen molar-refractivity contribution in [1.29, 1.82) is 0 Å². The highest BCUT2D eigenvalue weighted by Crippen LogP contribution is 2.66. The summed E-state index contributed by atoms with van der Waals surface area (Å²) in [5, 5.41) is 34.3. The number of aliphatic hydroxyl groups excluding tert-OH is 1. The van der Waals surface area contributed by atoms with Crippen molar-refractivity contribution < 1.29 is 29.7 Å². The maximum Gasteiger partial charge on any atom is 0.326 e. The number of nitrogens with zero attached hydrogens (tertiary/aromatic N) is 2. The molecule has 8 atom stereocenters. The minimum Gasteiger partial charge on any atom is -0.480 e. The lowest BCUT2D eigenvalue weighted by Crippen LogP contribution is -2.53. The third-order valence-electron chi connectivity index (χ3n) is 10.4. The van der Waals surface area contributed by atoms with Crippen molar-refractivity contribution in [2.24, 2.45) is 33.7 Å². The van der Waals surface area contributed by atoms with Crippen molar-refractivity contribution in [2.45, 2.75) is 83.5 Å². The molecule has 4 aliphatic carbocycles. The summed E-state index contributed by atoms with van der Waals surface area (Å²) in [6.07, 6.45) is 11.8. The topological polar surface area (TPSA) is 120 Å². The van der Waals surface area contributed by atoms with Gasteiger partial charge in [0.2, 0.25) is 0 Å². The fourth-order valence-electron chi connectivity index (χ4n) is 8.08. The SMILES string of the molecule is C[C@]12C=CC(=NOCC(=O)N3C[C@H](O)C[C@@H]3C(=O)O)C=C1CC[C@@H]1[C@@H]2CC[C@@]2(C)[C@H]1CC[C@]2(C)O. The molecule has 5 rings (SSSR count). The number of amides is 1. The second kappa shape index (κ2) is 8.44. The number of hydrogen-bond acceptors (Lipinski definition) is 6. The molecular weight excluding hydrogens is 448 g/mol. The first-order valence-electron chi connectivity index (χ1n) is 13.0. The number of β-amino-alcohol motifs (C(OH)–C–C–N with tert-alkyl or cyclic N) is 1. The summed E-state index contributed by atoms with van der Waals surface area (Å²) < 4.78 is 0. The van der Waals surface area contributed by atoms with Crippen LogP contribution in [0.4, 0.5) is 0 Å². The average Bonchev–Trinajstić information content (AvgIpc) is 3.31. The van der Waals surface area contributed by atoms with Crippen LogP contribution in [0.5, 0.6) is 0 Å². The number of aliphatic hydroxyl groups is 2. The molecule has 4 fully saturated rings. The summed E-state index contributed by atoms with van der Waals surface area (Å²) in [6.45, 7) is 6.30. The Hall–Kier alpha value is -2.19. The van der Waals surface area contributed by atoms with Gasteiger partial charge in [-0.2, -0.15) is 0 Å². The molecule has 1 aliphatic heterocycles. The number of carbonyl (C=O) groups excluding carboxylic acids is 1. The van der Waals surface area contributed by atoms with Crippen LogP contribution in [0.2, 0.25) is 0 Å². The van der Waals surface area contributed by atoms with E-state index in [2.05, 4.69) is 31.2 Å². The van der Waals surface area contributed by atoms with Gasteiger partial charge in [-0.05, 0) is 80.8 Å². The summed E-state index contributed by atoms with van der Waals surface area (Å²) in [5.41, 5.74) is 1.39. The predicted molar refractivity (Wildman–Crippen MR) is 129 cm³/mol. The van der Waals surface area contributed by atoms with Crippen LogP contribution in [0.15, 0.2) is 29.0 Å². The molecule has 35 heavy (non-hydrogen) atoms. The summed E-state index contributed by atoms with van der Waals surface area (Å²) in [7, 11) is 0. The largest absolute Gasteiger partial charge is 0.480 e. The number of hydrogen-bond donors (Lipinski definition) is 3. The summed E-state index contributed by atoms with van der Waals surface area (Å²) in [4.78, 5) is 30.3. The number of carboxylic acid groups (broad SMARTS) is 1. The molecule has 0 radical (unpaired) electrons. The van der Waals surface area contributed by atoms with Gasteiger partial charge in [-0.25, -0.2) is 4.79 Å². The Morgan fingerprint density at radius 2 is 1.91 bits per heavy atom. The second-order valence-electron chi connectivity index (χ2n) is 12.0. The monoisotopic (exact) mass is 486 g/mol. The summed E-state index contributed by atoms with van der Waals surface area (Å²) in [5.74, 6) is 0.101. The Bertz CT molecular complexity index is 1000. The smallest absolute Gasteiger partial charge is 0.326 e. The first-order valence-corrected chi connectivity index (χ1v) is 13.0. The van der Waals surface area contributed by atoms with Gasteiger partial charge >= 0.3 is 5.97 Å². The number of likely N-dealkylation sites (tertiary alicyclic amines) is 1. The molecule has 192 valence electrons.